The van der Waals surface area contributed by atoms with Gasteiger partial charge < -0.3 is 15.0 Å². The van der Waals surface area contributed by atoms with Crippen molar-refractivity contribution < 1.29 is 9.90 Å². The first-order valence-electron chi connectivity index (χ1n) is 7.05. The van der Waals surface area contributed by atoms with E-state index in [1.165, 1.54) is 6.92 Å². The number of imidazole rings is 1. The summed E-state index contributed by atoms with van der Waals surface area (Å²) in [6.07, 6.45) is 1.63. The van der Waals surface area contributed by atoms with Gasteiger partial charge in [0.15, 0.2) is 5.60 Å². The number of rotatable bonds is 4. The van der Waals surface area contributed by atoms with Gasteiger partial charge in [-0.25, -0.2) is 4.98 Å². The lowest BCUT2D eigenvalue weighted by atomic mass is 10.1. The average Bonchev–Trinajstić information content (AvgIpc) is 2.91. The van der Waals surface area contributed by atoms with Crippen LogP contribution in [0.3, 0.4) is 0 Å². The molecule has 22 heavy (non-hydrogen) atoms. The van der Waals surface area contributed by atoms with E-state index in [0.717, 1.165) is 11.0 Å². The molecule has 2 N–H and O–H groups in total. The number of amides is 1. The highest BCUT2D eigenvalue weighted by atomic mass is 16.3. The number of hydrogen-bond donors (Lipinski definition) is 2. The fourth-order valence-electron chi connectivity index (χ4n) is 2.33. The maximum atomic E-state index is 12.3. The summed E-state index contributed by atoms with van der Waals surface area (Å²) in [5.41, 5.74) is 0.833. The summed E-state index contributed by atoms with van der Waals surface area (Å²) in [4.78, 5) is 16.6. The molecule has 0 spiro atoms. The largest absolute Gasteiger partial charge is 0.378 e. The summed E-state index contributed by atoms with van der Waals surface area (Å²) in [6, 6.07) is 16.7. The Morgan fingerprint density at radius 2 is 1.86 bits per heavy atom. The van der Waals surface area contributed by atoms with E-state index in [1.54, 1.807) is 23.0 Å². The number of fused-ring (bicyclic) bond motifs is 1. The Morgan fingerprint density at radius 3 is 2.64 bits per heavy atom. The smallest absolute Gasteiger partial charge is 0.257 e. The van der Waals surface area contributed by atoms with Crippen LogP contribution in [-0.4, -0.2) is 26.2 Å². The first-order valence-corrected chi connectivity index (χ1v) is 7.05. The van der Waals surface area contributed by atoms with E-state index in [4.69, 9.17) is 0 Å². The van der Waals surface area contributed by atoms with Crippen molar-refractivity contribution in [1.29, 1.82) is 0 Å². The number of anilines is 1. The Balaban J connectivity index is 1.79. The van der Waals surface area contributed by atoms with E-state index in [1.807, 2.05) is 42.5 Å². The van der Waals surface area contributed by atoms with Gasteiger partial charge in [-0.1, -0.05) is 30.3 Å². The van der Waals surface area contributed by atoms with Gasteiger partial charge in [0.25, 0.3) is 5.91 Å². The highest BCUT2D eigenvalue weighted by Crippen LogP contribution is 2.17. The van der Waals surface area contributed by atoms with Crippen LogP contribution in [0.1, 0.15) is 6.92 Å². The van der Waals surface area contributed by atoms with E-state index in [2.05, 4.69) is 10.3 Å². The number of hydrogen-bond acceptors (Lipinski definition) is 3. The third-order valence-corrected chi connectivity index (χ3v) is 3.53. The second-order valence-electron chi connectivity index (χ2n) is 5.46. The average molecular weight is 295 g/mol. The molecule has 1 heterocycles. The number of carbonyl (C=O) groups is 1. The topological polar surface area (TPSA) is 67.1 Å². The third-order valence-electron chi connectivity index (χ3n) is 3.53. The van der Waals surface area contributed by atoms with Gasteiger partial charge in [0.05, 0.1) is 23.9 Å². The van der Waals surface area contributed by atoms with E-state index in [9.17, 15) is 9.90 Å². The van der Waals surface area contributed by atoms with Crippen LogP contribution in [-0.2, 0) is 11.3 Å². The summed E-state index contributed by atoms with van der Waals surface area (Å²) in [7, 11) is 0. The second kappa shape index (κ2) is 5.61. The van der Waals surface area contributed by atoms with E-state index < -0.39 is 11.5 Å². The molecule has 3 aromatic rings. The molecule has 1 amide bonds. The Morgan fingerprint density at radius 1 is 1.18 bits per heavy atom. The van der Waals surface area contributed by atoms with Crippen LogP contribution in [0.4, 0.5) is 5.69 Å². The molecule has 5 heteroatoms. The first kappa shape index (κ1) is 14.3. The summed E-state index contributed by atoms with van der Waals surface area (Å²) in [6.45, 7) is 1.63. The van der Waals surface area contributed by atoms with Crippen molar-refractivity contribution in [2.24, 2.45) is 0 Å². The molecule has 0 saturated heterocycles. The molecule has 0 aliphatic heterocycles. The lowest BCUT2D eigenvalue weighted by Gasteiger charge is -2.23. The SMILES string of the molecule is C[C@](O)(Cn1cnc2ccccc21)C(=O)Nc1ccccc1. The van der Waals surface area contributed by atoms with E-state index in [0.29, 0.717) is 5.69 Å². The van der Waals surface area contributed by atoms with Gasteiger partial charge in [-0.15, -0.1) is 0 Å². The highest BCUT2D eigenvalue weighted by Gasteiger charge is 2.31. The van der Waals surface area contributed by atoms with Crippen molar-refractivity contribution in [1.82, 2.24) is 9.55 Å². The van der Waals surface area contributed by atoms with Crippen molar-refractivity contribution in [2.45, 2.75) is 19.1 Å². The molecule has 0 bridgehead atoms. The van der Waals surface area contributed by atoms with Crippen LogP contribution < -0.4 is 5.32 Å². The number of nitrogens with one attached hydrogen (secondary N) is 1. The number of benzene rings is 2. The van der Waals surface area contributed by atoms with Crippen molar-refractivity contribution in [3.05, 3.63) is 60.9 Å². The van der Waals surface area contributed by atoms with Crippen molar-refractivity contribution >= 4 is 22.6 Å². The van der Waals surface area contributed by atoms with Crippen molar-refractivity contribution in [2.75, 3.05) is 5.32 Å². The summed E-state index contributed by atoms with van der Waals surface area (Å²) in [5, 5.41) is 13.2. The number of aromatic nitrogens is 2. The van der Waals surface area contributed by atoms with E-state index in [-0.39, 0.29) is 6.54 Å². The fourth-order valence-corrected chi connectivity index (χ4v) is 2.33. The molecule has 0 aliphatic carbocycles. The first-order chi connectivity index (χ1) is 10.6. The summed E-state index contributed by atoms with van der Waals surface area (Å²) < 4.78 is 1.78. The molecule has 0 saturated carbocycles. The highest BCUT2D eigenvalue weighted by molar-refractivity contribution is 5.96. The number of aliphatic hydroxyl groups is 1. The number of carbonyl (C=O) groups excluding carboxylic acids is 1. The standard InChI is InChI=1S/C17H17N3O2/c1-17(22,16(21)19-13-7-3-2-4-8-13)11-20-12-18-14-9-5-6-10-15(14)20/h2-10,12,22H,11H2,1H3,(H,19,21)/t17-/m0/s1. The third kappa shape index (κ3) is 2.84. The molecule has 5 nitrogen and oxygen atoms in total. The molecule has 1 aromatic heterocycles. The molecule has 0 aliphatic rings. The van der Waals surface area contributed by atoms with Crippen molar-refractivity contribution in [3.8, 4) is 0 Å². The van der Waals surface area contributed by atoms with Gasteiger partial charge in [-0.05, 0) is 31.2 Å². The van der Waals surface area contributed by atoms with Gasteiger partial charge in [0, 0.05) is 5.69 Å². The summed E-state index contributed by atoms with van der Waals surface area (Å²) >= 11 is 0. The lowest BCUT2D eigenvalue weighted by molar-refractivity contribution is -0.133. The molecule has 1 atom stereocenters. The van der Waals surface area contributed by atoms with Crippen LogP contribution >= 0.6 is 0 Å². The predicted molar refractivity (Wildman–Crippen MR) is 85.4 cm³/mol. The predicted octanol–water partition coefficient (Wildman–Crippen LogP) is 2.43. The fraction of sp³-hybridized carbons (Fsp3) is 0.176. The van der Waals surface area contributed by atoms with Crippen LogP contribution in [0.5, 0.6) is 0 Å². The molecule has 0 fully saturated rings. The molecular formula is C17H17N3O2. The number of para-hydroxylation sites is 3. The number of nitrogens with zero attached hydrogens (tertiary/aromatic N) is 2. The normalized spacial score (nSPS) is 13.7. The molecule has 112 valence electrons. The van der Waals surface area contributed by atoms with Gasteiger partial charge in [0.2, 0.25) is 0 Å². The Bertz CT molecular complexity index is 794. The maximum Gasteiger partial charge on any atom is 0.257 e. The molecule has 2 aromatic carbocycles. The molecule has 0 unspecified atom stereocenters. The lowest BCUT2D eigenvalue weighted by Crippen LogP contribution is -2.43. The zero-order valence-electron chi connectivity index (χ0n) is 12.2. The van der Waals surface area contributed by atoms with Gasteiger partial charge in [-0.3, -0.25) is 4.79 Å². The quantitative estimate of drug-likeness (QED) is 0.777. The zero-order chi connectivity index (χ0) is 15.6. The Labute approximate surface area is 128 Å². The Hall–Kier alpha value is -2.66. The van der Waals surface area contributed by atoms with Gasteiger partial charge in [-0.2, -0.15) is 0 Å². The van der Waals surface area contributed by atoms with Crippen LogP contribution in [0.25, 0.3) is 11.0 Å². The van der Waals surface area contributed by atoms with Crippen LogP contribution in [0, 0.1) is 0 Å². The van der Waals surface area contributed by atoms with Gasteiger partial charge in [0.1, 0.15) is 0 Å². The monoisotopic (exact) mass is 295 g/mol. The van der Waals surface area contributed by atoms with Crippen LogP contribution in [0.2, 0.25) is 0 Å². The minimum Gasteiger partial charge on any atom is -0.378 e. The minimum absolute atomic E-state index is 0.131. The van der Waals surface area contributed by atoms with Gasteiger partial charge >= 0.3 is 0 Å². The Kier molecular flexibility index (Phi) is 3.65. The maximum absolute atomic E-state index is 12.3. The van der Waals surface area contributed by atoms with E-state index >= 15 is 0 Å². The van der Waals surface area contributed by atoms with Crippen LogP contribution in [0.15, 0.2) is 60.9 Å². The molecule has 0 radical (unpaired) electrons. The zero-order valence-corrected chi connectivity index (χ0v) is 12.2. The van der Waals surface area contributed by atoms with Crippen molar-refractivity contribution in [3.63, 3.8) is 0 Å². The second-order valence-corrected chi connectivity index (χ2v) is 5.46. The molecule has 3 rings (SSSR count). The summed E-state index contributed by atoms with van der Waals surface area (Å²) in [5.74, 6) is -0.448. The molecular weight excluding hydrogens is 278 g/mol. The minimum atomic E-state index is -1.54.